The molecule has 0 saturated carbocycles. The molecule has 0 aliphatic carbocycles. The van der Waals surface area contributed by atoms with Gasteiger partial charge in [-0.2, -0.15) is 0 Å². The largest absolute Gasteiger partial charge is 0.457 e. The predicted molar refractivity (Wildman–Crippen MR) is 203 cm³/mol. The van der Waals surface area contributed by atoms with Gasteiger partial charge < -0.3 is 9.64 Å². The number of para-hydroxylation sites is 5. The van der Waals surface area contributed by atoms with Gasteiger partial charge in [-0.05, 0) is 47.5 Å². The van der Waals surface area contributed by atoms with Gasteiger partial charge >= 0.3 is 0 Å². The quantitative estimate of drug-likeness (QED) is 0.189. The highest BCUT2D eigenvalue weighted by Gasteiger charge is 2.51. The fourth-order valence-electron chi connectivity index (χ4n) is 7.87. The summed E-state index contributed by atoms with van der Waals surface area (Å²) in [5.74, 6) is 3.59. The highest BCUT2D eigenvalue weighted by atomic mass is 16.5. The monoisotopic (exact) mass is 654 g/mol. The van der Waals surface area contributed by atoms with Gasteiger partial charge in [0.2, 0.25) is 0 Å². The van der Waals surface area contributed by atoms with E-state index in [-0.39, 0.29) is 0 Å². The molecule has 51 heavy (non-hydrogen) atoms. The molecule has 8 aromatic rings. The summed E-state index contributed by atoms with van der Waals surface area (Å²) in [6.07, 6.45) is 0. The number of benzene rings is 7. The van der Waals surface area contributed by atoms with Crippen molar-refractivity contribution in [2.24, 2.45) is 0 Å². The Morgan fingerprint density at radius 3 is 1.27 bits per heavy atom. The molecule has 10 rings (SSSR count). The first-order valence-corrected chi connectivity index (χ1v) is 17.1. The van der Waals surface area contributed by atoms with Crippen LogP contribution in [-0.4, -0.2) is 15.0 Å². The molecule has 5 heteroatoms. The first-order chi connectivity index (χ1) is 25.3. The van der Waals surface area contributed by atoms with Crippen LogP contribution in [0.15, 0.2) is 182 Å². The standard InChI is InChI=1S/C46H30N4O/c1-3-17-31(18-4-1)43-47-44(32-19-5-2-6-20-32)49-45(48-43)33-21-7-12-26-38(33)50-39-27-13-8-22-34(39)46(35-23-9-14-28-40(35)50)36-24-10-15-29-41(36)51-42-30-16-11-25-37(42)46/h1-30H. The summed E-state index contributed by atoms with van der Waals surface area (Å²) < 4.78 is 6.58. The minimum absolute atomic E-state index is 0.607. The Kier molecular flexibility index (Phi) is 6.64. The molecule has 0 amide bonds. The Balaban J connectivity index is 1.25. The molecule has 0 bridgehead atoms. The van der Waals surface area contributed by atoms with Gasteiger partial charge in [0, 0.05) is 27.8 Å². The van der Waals surface area contributed by atoms with Crippen LogP contribution in [0.1, 0.15) is 22.3 Å². The van der Waals surface area contributed by atoms with Crippen LogP contribution in [0.5, 0.6) is 11.5 Å². The highest BCUT2D eigenvalue weighted by molar-refractivity contribution is 5.94. The molecule has 0 saturated heterocycles. The van der Waals surface area contributed by atoms with E-state index in [0.717, 1.165) is 56.4 Å². The van der Waals surface area contributed by atoms with Gasteiger partial charge in [-0.25, -0.2) is 15.0 Å². The fraction of sp³-hybridized carbons (Fsp3) is 0.0217. The Bertz CT molecular complexity index is 2430. The molecule has 2 aliphatic rings. The summed E-state index contributed by atoms with van der Waals surface area (Å²) in [5.41, 5.74) is 9.88. The lowest BCUT2D eigenvalue weighted by Crippen LogP contribution is -2.39. The van der Waals surface area contributed by atoms with Gasteiger partial charge in [0.05, 0.1) is 22.5 Å². The van der Waals surface area contributed by atoms with Crippen LogP contribution < -0.4 is 9.64 Å². The van der Waals surface area contributed by atoms with Gasteiger partial charge in [-0.15, -0.1) is 0 Å². The van der Waals surface area contributed by atoms with Crippen molar-refractivity contribution in [1.29, 1.82) is 0 Å². The smallest absolute Gasteiger partial charge is 0.166 e. The van der Waals surface area contributed by atoms with Crippen LogP contribution in [0.3, 0.4) is 0 Å². The second kappa shape index (κ2) is 11.6. The van der Waals surface area contributed by atoms with Crippen LogP contribution in [0.4, 0.5) is 17.1 Å². The average Bonchev–Trinajstić information content (AvgIpc) is 3.21. The Labute approximate surface area is 296 Å². The molecular formula is C46H30N4O. The Morgan fingerprint density at radius 1 is 0.353 bits per heavy atom. The predicted octanol–water partition coefficient (Wildman–Crippen LogP) is 11.1. The van der Waals surface area contributed by atoms with Crippen LogP contribution in [0.2, 0.25) is 0 Å². The van der Waals surface area contributed by atoms with Crippen LogP contribution in [0.25, 0.3) is 34.2 Å². The molecule has 5 nitrogen and oxygen atoms in total. The number of rotatable bonds is 4. The normalized spacial score (nSPS) is 13.4. The second-order valence-corrected chi connectivity index (χ2v) is 12.8. The highest BCUT2D eigenvalue weighted by Crippen LogP contribution is 2.63. The van der Waals surface area contributed by atoms with Gasteiger partial charge in [-0.3, -0.25) is 0 Å². The summed E-state index contributed by atoms with van der Waals surface area (Å²) in [5, 5.41) is 0. The van der Waals surface area contributed by atoms with E-state index in [1.165, 1.54) is 11.1 Å². The summed E-state index contributed by atoms with van der Waals surface area (Å²) in [4.78, 5) is 17.6. The zero-order valence-electron chi connectivity index (χ0n) is 27.5. The number of nitrogens with zero attached hydrogens (tertiary/aromatic N) is 4. The van der Waals surface area contributed by atoms with E-state index >= 15 is 0 Å². The van der Waals surface area contributed by atoms with E-state index in [2.05, 4.69) is 114 Å². The Morgan fingerprint density at radius 2 is 0.745 bits per heavy atom. The molecule has 0 fully saturated rings. The zero-order valence-corrected chi connectivity index (χ0v) is 27.5. The van der Waals surface area contributed by atoms with Gasteiger partial charge in [0.25, 0.3) is 0 Å². The zero-order chi connectivity index (χ0) is 33.8. The number of aromatic nitrogens is 3. The molecule has 2 aliphatic heterocycles. The Hall–Kier alpha value is -6.85. The molecule has 240 valence electrons. The van der Waals surface area contributed by atoms with Gasteiger partial charge in [0.1, 0.15) is 11.5 Å². The van der Waals surface area contributed by atoms with Crippen molar-refractivity contribution in [2.75, 3.05) is 4.90 Å². The van der Waals surface area contributed by atoms with Crippen molar-refractivity contribution >= 4 is 17.1 Å². The topological polar surface area (TPSA) is 51.1 Å². The maximum absolute atomic E-state index is 6.58. The first-order valence-electron chi connectivity index (χ1n) is 17.1. The third-order valence-corrected chi connectivity index (χ3v) is 9.99. The van der Waals surface area contributed by atoms with Crippen LogP contribution in [0, 0.1) is 0 Å². The lowest BCUT2D eigenvalue weighted by molar-refractivity contribution is 0.434. The number of ether oxygens (including phenoxy) is 1. The molecule has 0 radical (unpaired) electrons. The van der Waals surface area contributed by atoms with Crippen molar-refractivity contribution in [2.45, 2.75) is 5.41 Å². The van der Waals surface area contributed by atoms with Crippen molar-refractivity contribution in [3.8, 4) is 45.7 Å². The first kappa shape index (κ1) is 29.1. The lowest BCUT2D eigenvalue weighted by Gasteiger charge is -2.48. The number of anilines is 3. The summed E-state index contributed by atoms with van der Waals surface area (Å²) >= 11 is 0. The second-order valence-electron chi connectivity index (χ2n) is 12.8. The molecule has 1 aromatic heterocycles. The van der Waals surface area contributed by atoms with E-state index in [0.29, 0.717) is 17.5 Å². The fourth-order valence-corrected chi connectivity index (χ4v) is 7.87. The number of hydrogen-bond donors (Lipinski definition) is 0. The third-order valence-electron chi connectivity index (χ3n) is 9.99. The average molecular weight is 655 g/mol. The number of fused-ring (bicyclic) bond motifs is 8. The molecule has 1 spiro atoms. The van der Waals surface area contributed by atoms with E-state index in [4.69, 9.17) is 19.7 Å². The maximum atomic E-state index is 6.58. The van der Waals surface area contributed by atoms with Crippen LogP contribution >= 0.6 is 0 Å². The summed E-state index contributed by atoms with van der Waals surface area (Å²) in [7, 11) is 0. The molecule has 3 heterocycles. The van der Waals surface area contributed by atoms with Crippen LogP contribution in [-0.2, 0) is 5.41 Å². The number of hydrogen-bond acceptors (Lipinski definition) is 5. The van der Waals surface area contributed by atoms with Crippen molar-refractivity contribution in [3.63, 3.8) is 0 Å². The summed E-state index contributed by atoms with van der Waals surface area (Å²) in [6, 6.07) is 63.1. The van der Waals surface area contributed by atoms with E-state index in [1.807, 2.05) is 72.8 Å². The van der Waals surface area contributed by atoms with E-state index < -0.39 is 5.41 Å². The van der Waals surface area contributed by atoms with Gasteiger partial charge in [-0.1, -0.05) is 146 Å². The minimum atomic E-state index is -0.613. The van der Waals surface area contributed by atoms with Crippen molar-refractivity contribution in [1.82, 2.24) is 15.0 Å². The molecule has 7 aromatic carbocycles. The molecule has 0 unspecified atom stereocenters. The van der Waals surface area contributed by atoms with E-state index in [1.54, 1.807) is 0 Å². The minimum Gasteiger partial charge on any atom is -0.457 e. The third kappa shape index (κ3) is 4.45. The van der Waals surface area contributed by atoms with Crippen molar-refractivity contribution in [3.05, 3.63) is 204 Å². The van der Waals surface area contributed by atoms with E-state index in [9.17, 15) is 0 Å². The lowest BCUT2D eigenvalue weighted by atomic mass is 9.61. The molecular weight excluding hydrogens is 625 g/mol. The summed E-state index contributed by atoms with van der Waals surface area (Å²) in [6.45, 7) is 0. The maximum Gasteiger partial charge on any atom is 0.166 e. The molecule has 0 atom stereocenters. The molecule has 0 N–H and O–H groups in total. The van der Waals surface area contributed by atoms with Crippen molar-refractivity contribution < 1.29 is 4.74 Å². The van der Waals surface area contributed by atoms with Gasteiger partial charge in [0.15, 0.2) is 17.5 Å². The SMILES string of the molecule is c1ccc(-c2nc(-c3ccccc3)nc(-c3ccccc3N3c4ccccc4C4(c5ccccc5Oc5ccccc54)c4ccccc43)n2)cc1.